The molecule has 5 rings (SSSR count). The van der Waals surface area contributed by atoms with Gasteiger partial charge in [0.15, 0.2) is 11.6 Å². The normalized spacial score (nSPS) is 15.3. The summed E-state index contributed by atoms with van der Waals surface area (Å²) >= 11 is 0. The van der Waals surface area contributed by atoms with Gasteiger partial charge in [0.05, 0.1) is 22.5 Å². The molecule has 32 heavy (non-hydrogen) atoms. The molecule has 2 aliphatic rings. The van der Waals surface area contributed by atoms with Crippen LogP contribution >= 0.6 is 0 Å². The summed E-state index contributed by atoms with van der Waals surface area (Å²) in [7, 11) is -4.11. The molecule has 8 nitrogen and oxygen atoms in total. The van der Waals surface area contributed by atoms with Gasteiger partial charge in [-0.05, 0) is 36.8 Å². The maximum absolute atomic E-state index is 13.3. The van der Waals surface area contributed by atoms with Crippen molar-refractivity contribution in [2.75, 3.05) is 18.4 Å². The van der Waals surface area contributed by atoms with Gasteiger partial charge in [0, 0.05) is 24.2 Å². The molecule has 9 heteroatoms. The first-order valence-corrected chi connectivity index (χ1v) is 11.3. The zero-order valence-electron chi connectivity index (χ0n) is 17.0. The Balaban J connectivity index is 1.63. The van der Waals surface area contributed by atoms with Gasteiger partial charge in [0.1, 0.15) is 10.6 Å². The number of carbonyl (C=O) groups excluding carboxylic acids is 2. The number of phenolic OH excluding ortho intramolecular Hbond substituents is 1. The Morgan fingerprint density at radius 3 is 2.19 bits per heavy atom. The van der Waals surface area contributed by atoms with E-state index in [1.165, 1.54) is 29.3 Å². The van der Waals surface area contributed by atoms with Crippen molar-refractivity contribution in [3.05, 3.63) is 82.4 Å². The molecule has 0 unspecified atom stereocenters. The highest BCUT2D eigenvalue weighted by Crippen LogP contribution is 2.39. The topological polar surface area (TPSA) is 113 Å². The van der Waals surface area contributed by atoms with E-state index in [2.05, 4.69) is 5.32 Å². The number of aromatic hydroxyl groups is 1. The van der Waals surface area contributed by atoms with Crippen molar-refractivity contribution in [3.8, 4) is 5.75 Å². The van der Waals surface area contributed by atoms with Crippen LogP contribution in [0.2, 0.25) is 0 Å². The van der Waals surface area contributed by atoms with E-state index in [4.69, 9.17) is 4.28 Å². The molecule has 3 aromatic rings. The molecule has 2 N–H and O–H groups in total. The fraction of sp³-hybridized carbons (Fsp3) is 0.130. The van der Waals surface area contributed by atoms with E-state index < -0.39 is 21.7 Å². The van der Waals surface area contributed by atoms with E-state index in [1.807, 2.05) is 0 Å². The van der Waals surface area contributed by atoms with Gasteiger partial charge in [-0.3, -0.25) is 9.59 Å². The molecule has 1 saturated heterocycles. The number of ketones is 2. The van der Waals surface area contributed by atoms with Crippen LogP contribution in [-0.4, -0.2) is 43.2 Å². The van der Waals surface area contributed by atoms with E-state index in [1.54, 1.807) is 37.3 Å². The fourth-order valence-electron chi connectivity index (χ4n) is 3.69. The van der Waals surface area contributed by atoms with Crippen LogP contribution in [0.25, 0.3) is 0 Å². The number of phenols is 1. The molecule has 0 bridgehead atoms. The van der Waals surface area contributed by atoms with Crippen LogP contribution in [0.3, 0.4) is 0 Å². The van der Waals surface area contributed by atoms with Crippen LogP contribution < -0.4 is 5.32 Å². The average Bonchev–Trinajstić information content (AvgIpc) is 3.57. The van der Waals surface area contributed by atoms with E-state index in [0.717, 1.165) is 0 Å². The van der Waals surface area contributed by atoms with Crippen LogP contribution in [0, 0.1) is 6.92 Å². The number of carbonyl (C=O) groups is 2. The van der Waals surface area contributed by atoms with E-state index in [0.29, 0.717) is 18.7 Å². The summed E-state index contributed by atoms with van der Waals surface area (Å²) in [5.41, 5.74) is 1.40. The van der Waals surface area contributed by atoms with Gasteiger partial charge in [0.25, 0.3) is 0 Å². The van der Waals surface area contributed by atoms with E-state index in [-0.39, 0.29) is 44.3 Å². The average molecular weight is 450 g/mol. The number of aryl methyl sites for hydroxylation is 1. The predicted octanol–water partition coefficient (Wildman–Crippen LogP) is 3.16. The summed E-state index contributed by atoms with van der Waals surface area (Å²) in [6.07, 6.45) is 0. The number of nitrogens with one attached hydrogen (secondary N) is 1. The second-order valence-corrected chi connectivity index (χ2v) is 9.17. The summed E-state index contributed by atoms with van der Waals surface area (Å²) in [6, 6.07) is 13.9. The van der Waals surface area contributed by atoms with E-state index >= 15 is 0 Å². The summed E-state index contributed by atoms with van der Waals surface area (Å²) in [4.78, 5) is 26.2. The van der Waals surface area contributed by atoms with Crippen molar-refractivity contribution in [2.24, 2.45) is 0 Å². The number of fused-ring (bicyclic) bond motifs is 2. The monoisotopic (exact) mass is 450 g/mol. The number of hydrogen-bond acceptors (Lipinski definition) is 8. The summed E-state index contributed by atoms with van der Waals surface area (Å²) < 4.78 is 30.7. The molecule has 0 amide bonds. The first-order valence-electron chi connectivity index (χ1n) is 9.88. The second-order valence-electron chi connectivity index (χ2n) is 7.67. The minimum absolute atomic E-state index is 0.00974. The Kier molecular flexibility index (Phi) is 4.63. The zero-order chi connectivity index (χ0) is 22.6. The fourth-order valence-corrected chi connectivity index (χ4v) is 4.91. The van der Waals surface area contributed by atoms with Gasteiger partial charge in [-0.25, -0.2) is 0 Å². The predicted molar refractivity (Wildman–Crippen MR) is 116 cm³/mol. The number of hydrogen-bond donors (Lipinski definition) is 2. The molecule has 3 aromatic carbocycles. The highest BCUT2D eigenvalue weighted by atomic mass is 32.2. The molecule has 1 fully saturated rings. The van der Waals surface area contributed by atoms with Gasteiger partial charge in [0.2, 0.25) is 0 Å². The summed E-state index contributed by atoms with van der Waals surface area (Å²) in [5, 5.41) is 14.6. The number of anilines is 2. The van der Waals surface area contributed by atoms with Gasteiger partial charge in [-0.15, -0.1) is 0 Å². The third-order valence-electron chi connectivity index (χ3n) is 5.34. The number of benzene rings is 3. The highest BCUT2D eigenvalue weighted by molar-refractivity contribution is 7.86. The van der Waals surface area contributed by atoms with Gasteiger partial charge >= 0.3 is 10.1 Å². The van der Waals surface area contributed by atoms with Crippen LogP contribution in [0.1, 0.15) is 37.4 Å². The van der Waals surface area contributed by atoms with Crippen molar-refractivity contribution in [2.45, 2.75) is 11.8 Å². The molecule has 0 atom stereocenters. The first kappa shape index (κ1) is 20.4. The van der Waals surface area contributed by atoms with Crippen molar-refractivity contribution in [1.29, 1.82) is 0 Å². The van der Waals surface area contributed by atoms with Crippen molar-refractivity contribution < 1.29 is 27.4 Å². The Morgan fingerprint density at radius 2 is 1.53 bits per heavy atom. The number of rotatable bonds is 5. The van der Waals surface area contributed by atoms with Gasteiger partial charge < -0.3 is 10.4 Å². The second kappa shape index (κ2) is 7.27. The number of nitrogens with zero attached hydrogens (tertiary/aromatic N) is 1. The third kappa shape index (κ3) is 3.36. The maximum Gasteiger partial charge on any atom is 0.315 e. The van der Waals surface area contributed by atoms with Crippen molar-refractivity contribution in [3.63, 3.8) is 0 Å². The molecule has 0 aromatic heterocycles. The third-order valence-corrected chi connectivity index (χ3v) is 6.62. The molecule has 1 heterocycles. The Bertz CT molecular complexity index is 1410. The quantitative estimate of drug-likeness (QED) is 0.352. The molecule has 0 radical (unpaired) electrons. The molecule has 0 spiro atoms. The van der Waals surface area contributed by atoms with Crippen molar-refractivity contribution in [1.82, 2.24) is 5.06 Å². The van der Waals surface area contributed by atoms with Crippen LogP contribution in [-0.2, 0) is 14.4 Å². The molecule has 1 aliphatic carbocycles. The summed E-state index contributed by atoms with van der Waals surface area (Å²) in [6.45, 7) is 2.80. The Labute approximate surface area is 184 Å². The summed E-state index contributed by atoms with van der Waals surface area (Å²) in [5.74, 6) is -1.23. The highest BCUT2D eigenvalue weighted by Gasteiger charge is 2.35. The van der Waals surface area contributed by atoms with Crippen LogP contribution in [0.4, 0.5) is 11.4 Å². The maximum atomic E-state index is 13.3. The van der Waals surface area contributed by atoms with Crippen LogP contribution in [0.5, 0.6) is 5.75 Å². The van der Waals surface area contributed by atoms with Gasteiger partial charge in [-0.1, -0.05) is 30.3 Å². The van der Waals surface area contributed by atoms with E-state index in [9.17, 15) is 23.1 Å². The Hall–Kier alpha value is -3.53. The molecule has 162 valence electrons. The molecule has 1 aliphatic heterocycles. The lowest BCUT2D eigenvalue weighted by Crippen LogP contribution is -2.22. The molecule has 0 saturated carbocycles. The zero-order valence-corrected chi connectivity index (χ0v) is 17.8. The largest absolute Gasteiger partial charge is 0.507 e. The smallest absolute Gasteiger partial charge is 0.315 e. The first-order chi connectivity index (χ1) is 15.3. The lowest BCUT2D eigenvalue weighted by atomic mass is 9.82. The standard InChI is InChI=1S/C23H18N2O6S/c1-13-6-7-16(19(12-13)32(29,30)31-25-10-11-25)24-17-8-9-18(26)21-20(17)22(27)14-4-2-3-5-15(14)23(21)28/h2-9,12,24,26H,10-11H2,1H3. The van der Waals surface area contributed by atoms with Crippen LogP contribution in [0.15, 0.2) is 59.5 Å². The lowest BCUT2D eigenvalue weighted by Gasteiger charge is -2.22. The number of hydroxylamine groups is 2. The molecular formula is C23H18N2O6S. The lowest BCUT2D eigenvalue weighted by molar-refractivity contribution is 0.0788. The SMILES string of the molecule is Cc1ccc(Nc2ccc(O)c3c2C(=O)c2ccccc2C3=O)c(S(=O)(=O)ON2CC2)c1. The Morgan fingerprint density at radius 1 is 0.906 bits per heavy atom. The minimum Gasteiger partial charge on any atom is -0.507 e. The van der Waals surface area contributed by atoms with Gasteiger partial charge in [-0.2, -0.15) is 17.8 Å². The van der Waals surface area contributed by atoms with Crippen molar-refractivity contribution >= 4 is 33.1 Å². The molecular weight excluding hydrogens is 432 g/mol. The minimum atomic E-state index is -4.11.